The highest BCUT2D eigenvalue weighted by Crippen LogP contribution is 2.41. The van der Waals surface area contributed by atoms with E-state index >= 15 is 0 Å². The number of fused-ring (bicyclic) bond motifs is 2. The zero-order valence-corrected chi connectivity index (χ0v) is 12.7. The van der Waals surface area contributed by atoms with Crippen molar-refractivity contribution >= 4 is 23.1 Å². The quantitative estimate of drug-likeness (QED) is 0.724. The largest absolute Gasteiger partial charge is 0.294 e. The second kappa shape index (κ2) is 4.10. The fraction of sp³-hybridized carbons (Fsp3) is 0.467. The summed E-state index contributed by atoms with van der Waals surface area (Å²) in [5.74, 6) is 0. The van der Waals surface area contributed by atoms with Crippen molar-refractivity contribution in [1.29, 1.82) is 0 Å². The summed E-state index contributed by atoms with van der Waals surface area (Å²) < 4.78 is 0. The number of nitrogens with zero attached hydrogens (tertiary/aromatic N) is 3. The Balaban J connectivity index is 1.97. The van der Waals surface area contributed by atoms with E-state index in [1.807, 2.05) is 6.21 Å². The van der Waals surface area contributed by atoms with E-state index in [4.69, 9.17) is 4.99 Å². The van der Waals surface area contributed by atoms with Crippen molar-refractivity contribution in [3.05, 3.63) is 35.2 Å². The van der Waals surface area contributed by atoms with Crippen molar-refractivity contribution in [3.8, 4) is 0 Å². The molecular weight excluding hydrogens is 254 g/mol. The van der Waals surface area contributed by atoms with Gasteiger partial charge in [0.2, 0.25) is 0 Å². The van der Waals surface area contributed by atoms with E-state index in [2.05, 4.69) is 62.0 Å². The fourth-order valence-corrected chi connectivity index (χ4v) is 3.17. The van der Waals surface area contributed by atoms with Crippen LogP contribution >= 0.6 is 11.8 Å². The first-order chi connectivity index (χ1) is 8.92. The van der Waals surface area contributed by atoms with Gasteiger partial charge in [-0.15, -0.1) is 0 Å². The van der Waals surface area contributed by atoms with Crippen LogP contribution in [0.15, 0.2) is 45.1 Å². The molecule has 0 amide bonds. The zero-order valence-electron chi connectivity index (χ0n) is 11.8. The number of thioether (sulfide) groups is 1. The highest BCUT2D eigenvalue weighted by atomic mass is 32.2. The van der Waals surface area contributed by atoms with Crippen LogP contribution in [0, 0.1) is 5.41 Å². The van der Waals surface area contributed by atoms with Gasteiger partial charge in [0, 0.05) is 17.8 Å². The highest BCUT2D eigenvalue weighted by molar-refractivity contribution is 8.17. The summed E-state index contributed by atoms with van der Waals surface area (Å²) in [6, 6.07) is 0. The van der Waals surface area contributed by atoms with Gasteiger partial charge in [0.15, 0.2) is 5.17 Å². The molecule has 1 atom stereocenters. The topological polar surface area (TPSA) is 28.0 Å². The van der Waals surface area contributed by atoms with E-state index in [0.717, 1.165) is 22.3 Å². The molecule has 0 aromatic carbocycles. The molecule has 0 saturated carbocycles. The molecule has 0 radical (unpaired) electrons. The van der Waals surface area contributed by atoms with Crippen molar-refractivity contribution in [1.82, 2.24) is 4.90 Å². The van der Waals surface area contributed by atoms with Crippen LogP contribution in [0.4, 0.5) is 0 Å². The molecule has 0 spiro atoms. The average Bonchev–Trinajstić information content (AvgIpc) is 2.63. The van der Waals surface area contributed by atoms with Gasteiger partial charge < -0.3 is 0 Å². The Morgan fingerprint density at radius 1 is 1.26 bits per heavy atom. The smallest absolute Gasteiger partial charge is 0.175 e. The molecule has 1 unspecified atom stereocenters. The van der Waals surface area contributed by atoms with Crippen LogP contribution in [0.1, 0.15) is 34.1 Å². The minimum absolute atomic E-state index is 0.0135. The zero-order chi connectivity index (χ0) is 13.7. The van der Waals surface area contributed by atoms with Gasteiger partial charge in [-0.2, -0.15) is 0 Å². The van der Waals surface area contributed by atoms with E-state index in [9.17, 15) is 0 Å². The van der Waals surface area contributed by atoms with Crippen LogP contribution in [0.3, 0.4) is 0 Å². The minimum atomic E-state index is -0.0732. The van der Waals surface area contributed by atoms with Gasteiger partial charge in [0.05, 0.1) is 11.2 Å². The molecule has 3 nitrogen and oxygen atoms in total. The third-order valence-electron chi connectivity index (χ3n) is 3.71. The summed E-state index contributed by atoms with van der Waals surface area (Å²) in [7, 11) is 0. The Morgan fingerprint density at radius 2 is 2.05 bits per heavy atom. The number of hydrogen-bond acceptors (Lipinski definition) is 4. The maximum atomic E-state index is 4.85. The van der Waals surface area contributed by atoms with Crippen LogP contribution in [0.5, 0.6) is 0 Å². The number of aliphatic imine (C=N–C) groups is 2. The fourth-order valence-electron chi connectivity index (χ4n) is 2.11. The Labute approximate surface area is 118 Å². The number of amidine groups is 1. The summed E-state index contributed by atoms with van der Waals surface area (Å²) >= 11 is 1.67. The Kier molecular flexibility index (Phi) is 2.75. The van der Waals surface area contributed by atoms with Gasteiger partial charge in [-0.1, -0.05) is 26.8 Å². The molecule has 19 heavy (non-hydrogen) atoms. The molecule has 0 aromatic rings. The molecule has 0 fully saturated rings. The van der Waals surface area contributed by atoms with E-state index in [1.54, 1.807) is 11.8 Å². The van der Waals surface area contributed by atoms with Gasteiger partial charge in [0.25, 0.3) is 0 Å². The maximum Gasteiger partial charge on any atom is 0.175 e. The molecule has 3 aliphatic rings. The van der Waals surface area contributed by atoms with Crippen molar-refractivity contribution < 1.29 is 0 Å². The minimum Gasteiger partial charge on any atom is -0.294 e. The Morgan fingerprint density at radius 3 is 2.79 bits per heavy atom. The normalized spacial score (nSPS) is 31.2. The van der Waals surface area contributed by atoms with E-state index in [1.165, 1.54) is 0 Å². The molecule has 100 valence electrons. The predicted molar refractivity (Wildman–Crippen MR) is 83.1 cm³/mol. The molecule has 3 aliphatic heterocycles. The monoisotopic (exact) mass is 273 g/mol. The second-order valence-electron chi connectivity index (χ2n) is 6.00. The standard InChI is InChI=1S/C15H19N3S/c1-5-15(4)8-9-18-11-6-7-14(2,3)10-16-12(11)19-13(18)17-15/h6-10H,5H2,1-4H3. The summed E-state index contributed by atoms with van der Waals surface area (Å²) in [5.41, 5.74) is 1.08. The van der Waals surface area contributed by atoms with E-state index in [0.29, 0.717) is 0 Å². The molecule has 4 heteroatoms. The summed E-state index contributed by atoms with van der Waals surface area (Å²) in [6.07, 6.45) is 11.7. The third kappa shape index (κ3) is 2.18. The van der Waals surface area contributed by atoms with Gasteiger partial charge in [-0.3, -0.25) is 14.9 Å². The average molecular weight is 273 g/mol. The molecule has 3 rings (SSSR count). The number of hydrogen-bond donors (Lipinski definition) is 0. The second-order valence-corrected chi connectivity index (χ2v) is 6.95. The molecule has 3 heterocycles. The molecule has 0 aliphatic carbocycles. The van der Waals surface area contributed by atoms with Crippen LogP contribution < -0.4 is 0 Å². The highest BCUT2D eigenvalue weighted by Gasteiger charge is 2.34. The number of allylic oxidation sites excluding steroid dienone is 2. The first-order valence-corrected chi connectivity index (χ1v) is 7.49. The van der Waals surface area contributed by atoms with Crippen LogP contribution in [0.25, 0.3) is 0 Å². The van der Waals surface area contributed by atoms with Gasteiger partial charge in [-0.25, -0.2) is 0 Å². The lowest BCUT2D eigenvalue weighted by Gasteiger charge is -2.28. The SMILES string of the molecule is CCC1(C)C=CN2C(=N1)SC1=C2C=CC(C)(C)C=N1. The Hall–Kier alpha value is -1.29. The lowest BCUT2D eigenvalue weighted by atomic mass is 9.95. The van der Waals surface area contributed by atoms with Crippen LogP contribution in [0.2, 0.25) is 0 Å². The van der Waals surface area contributed by atoms with Crippen molar-refractivity contribution in [2.75, 3.05) is 0 Å². The third-order valence-corrected chi connectivity index (χ3v) is 4.69. The van der Waals surface area contributed by atoms with Gasteiger partial charge in [0.1, 0.15) is 5.03 Å². The molecular formula is C15H19N3S. The van der Waals surface area contributed by atoms with Gasteiger partial charge in [-0.05, 0) is 37.3 Å². The first kappa shape index (κ1) is 12.7. The predicted octanol–water partition coefficient (Wildman–Crippen LogP) is 3.92. The van der Waals surface area contributed by atoms with E-state index in [-0.39, 0.29) is 11.0 Å². The van der Waals surface area contributed by atoms with Crippen LogP contribution in [-0.4, -0.2) is 21.8 Å². The summed E-state index contributed by atoms with van der Waals surface area (Å²) in [6.45, 7) is 8.66. The van der Waals surface area contributed by atoms with Crippen molar-refractivity contribution in [2.24, 2.45) is 15.4 Å². The lowest BCUT2D eigenvalue weighted by Crippen LogP contribution is -2.30. The maximum absolute atomic E-state index is 4.85. The molecule has 0 aromatic heterocycles. The lowest BCUT2D eigenvalue weighted by molar-refractivity contribution is 0.529. The number of rotatable bonds is 1. The Bertz CT molecular complexity index is 566. The molecule has 0 N–H and O–H groups in total. The molecule has 0 saturated heterocycles. The van der Waals surface area contributed by atoms with E-state index < -0.39 is 0 Å². The molecule has 0 bridgehead atoms. The first-order valence-electron chi connectivity index (χ1n) is 6.67. The van der Waals surface area contributed by atoms with Gasteiger partial charge >= 0.3 is 0 Å². The summed E-state index contributed by atoms with van der Waals surface area (Å²) in [5, 5.41) is 2.09. The summed E-state index contributed by atoms with van der Waals surface area (Å²) in [4.78, 5) is 11.6. The van der Waals surface area contributed by atoms with Crippen molar-refractivity contribution in [3.63, 3.8) is 0 Å². The van der Waals surface area contributed by atoms with Crippen molar-refractivity contribution in [2.45, 2.75) is 39.7 Å². The van der Waals surface area contributed by atoms with Crippen LogP contribution in [-0.2, 0) is 0 Å².